The Balaban J connectivity index is 1.98. The molecule has 0 spiro atoms. The van der Waals surface area contributed by atoms with Gasteiger partial charge in [0.05, 0.1) is 11.4 Å². The summed E-state index contributed by atoms with van der Waals surface area (Å²) >= 11 is 0. The number of amides is 1. The molecule has 4 nitrogen and oxygen atoms in total. The zero-order valence-electron chi connectivity index (χ0n) is 11.0. The highest BCUT2D eigenvalue weighted by Crippen LogP contribution is 2.25. The average Bonchev–Trinajstić information content (AvgIpc) is 2.41. The molecule has 1 amide bonds. The van der Waals surface area contributed by atoms with Crippen molar-refractivity contribution in [3.63, 3.8) is 0 Å². The molecular formula is C15H15FN2O2. The van der Waals surface area contributed by atoms with E-state index in [9.17, 15) is 9.18 Å². The zero-order chi connectivity index (χ0) is 14.5. The lowest BCUT2D eigenvalue weighted by Gasteiger charge is -2.11. The summed E-state index contributed by atoms with van der Waals surface area (Å²) in [6.07, 6.45) is 0. The molecule has 0 saturated carbocycles. The van der Waals surface area contributed by atoms with Crippen molar-refractivity contribution in [2.75, 3.05) is 17.7 Å². The summed E-state index contributed by atoms with van der Waals surface area (Å²) in [5.41, 5.74) is 7.19. The van der Waals surface area contributed by atoms with E-state index in [-0.39, 0.29) is 12.3 Å². The molecular weight excluding hydrogens is 259 g/mol. The van der Waals surface area contributed by atoms with Crippen molar-refractivity contribution in [2.45, 2.75) is 6.92 Å². The number of hydrogen-bond acceptors (Lipinski definition) is 3. The SMILES string of the molecule is Cc1cccc(N)c1OCC(=O)Nc1ccccc1F. The molecule has 20 heavy (non-hydrogen) atoms. The van der Waals surface area contributed by atoms with Crippen LogP contribution in [0.1, 0.15) is 5.56 Å². The minimum absolute atomic E-state index is 0.124. The molecule has 0 heterocycles. The van der Waals surface area contributed by atoms with Gasteiger partial charge in [-0.1, -0.05) is 24.3 Å². The second kappa shape index (κ2) is 6.06. The number of benzene rings is 2. The van der Waals surface area contributed by atoms with Gasteiger partial charge in [-0.15, -0.1) is 0 Å². The fraction of sp³-hybridized carbons (Fsp3) is 0.133. The molecule has 0 aliphatic heterocycles. The average molecular weight is 274 g/mol. The van der Waals surface area contributed by atoms with Crippen LogP contribution < -0.4 is 15.8 Å². The largest absolute Gasteiger partial charge is 0.481 e. The first kappa shape index (κ1) is 13.9. The highest BCUT2D eigenvalue weighted by Gasteiger charge is 2.09. The van der Waals surface area contributed by atoms with Crippen LogP contribution in [0.2, 0.25) is 0 Å². The van der Waals surface area contributed by atoms with Crippen LogP contribution in [0, 0.1) is 12.7 Å². The topological polar surface area (TPSA) is 64.3 Å². The minimum Gasteiger partial charge on any atom is -0.481 e. The zero-order valence-corrected chi connectivity index (χ0v) is 11.0. The second-order valence-electron chi connectivity index (χ2n) is 4.31. The molecule has 5 heteroatoms. The first-order valence-corrected chi connectivity index (χ1v) is 6.10. The van der Waals surface area contributed by atoms with Crippen LogP contribution in [-0.4, -0.2) is 12.5 Å². The number of nitrogens with one attached hydrogen (secondary N) is 1. The molecule has 0 unspecified atom stereocenters. The molecule has 2 aromatic rings. The summed E-state index contributed by atoms with van der Waals surface area (Å²) in [7, 11) is 0. The van der Waals surface area contributed by atoms with Crippen LogP contribution in [0.25, 0.3) is 0 Å². The predicted octanol–water partition coefficient (Wildman–Crippen LogP) is 2.73. The number of anilines is 2. The van der Waals surface area contributed by atoms with E-state index in [1.54, 1.807) is 24.3 Å². The van der Waals surface area contributed by atoms with Crippen molar-refractivity contribution in [3.05, 3.63) is 53.8 Å². The van der Waals surface area contributed by atoms with E-state index in [4.69, 9.17) is 10.5 Å². The number of para-hydroxylation sites is 2. The molecule has 0 aliphatic rings. The number of ether oxygens (including phenoxy) is 1. The Morgan fingerprint density at radius 1 is 1.25 bits per heavy atom. The van der Waals surface area contributed by atoms with E-state index < -0.39 is 11.7 Å². The summed E-state index contributed by atoms with van der Waals surface area (Å²) in [4.78, 5) is 11.7. The van der Waals surface area contributed by atoms with Crippen LogP contribution in [0.15, 0.2) is 42.5 Å². The van der Waals surface area contributed by atoms with E-state index in [0.29, 0.717) is 11.4 Å². The molecule has 0 saturated heterocycles. The van der Waals surface area contributed by atoms with Crippen molar-refractivity contribution in [1.82, 2.24) is 0 Å². The molecule has 0 aromatic heterocycles. The summed E-state index contributed by atoms with van der Waals surface area (Å²) in [6.45, 7) is 1.60. The van der Waals surface area contributed by atoms with Gasteiger partial charge in [-0.3, -0.25) is 4.79 Å². The molecule has 0 radical (unpaired) electrons. The van der Waals surface area contributed by atoms with E-state index in [1.165, 1.54) is 12.1 Å². The number of aryl methyl sites for hydroxylation is 1. The third-order valence-electron chi connectivity index (χ3n) is 2.74. The van der Waals surface area contributed by atoms with Gasteiger partial charge >= 0.3 is 0 Å². The molecule has 0 atom stereocenters. The van der Waals surface area contributed by atoms with Gasteiger partial charge in [-0.2, -0.15) is 0 Å². The fourth-order valence-electron chi connectivity index (χ4n) is 1.76. The molecule has 0 bridgehead atoms. The van der Waals surface area contributed by atoms with Crippen LogP contribution in [0.3, 0.4) is 0 Å². The number of carbonyl (C=O) groups excluding carboxylic acids is 1. The number of halogens is 1. The van der Waals surface area contributed by atoms with Crippen LogP contribution in [0.4, 0.5) is 15.8 Å². The van der Waals surface area contributed by atoms with Gasteiger partial charge in [-0.25, -0.2) is 4.39 Å². The van der Waals surface area contributed by atoms with Crippen molar-refractivity contribution in [2.24, 2.45) is 0 Å². The molecule has 0 aliphatic carbocycles. The van der Waals surface area contributed by atoms with Gasteiger partial charge in [0, 0.05) is 0 Å². The van der Waals surface area contributed by atoms with Gasteiger partial charge in [-0.05, 0) is 30.7 Å². The number of nitrogens with two attached hydrogens (primary N) is 1. The van der Waals surface area contributed by atoms with E-state index in [1.807, 2.05) is 13.0 Å². The number of rotatable bonds is 4. The Labute approximate surface area is 116 Å². The third-order valence-corrected chi connectivity index (χ3v) is 2.74. The lowest BCUT2D eigenvalue weighted by Crippen LogP contribution is -2.21. The normalized spacial score (nSPS) is 10.1. The van der Waals surface area contributed by atoms with Crippen molar-refractivity contribution >= 4 is 17.3 Å². The smallest absolute Gasteiger partial charge is 0.262 e. The van der Waals surface area contributed by atoms with Crippen molar-refractivity contribution in [3.8, 4) is 5.75 Å². The standard InChI is InChI=1S/C15H15FN2O2/c1-10-5-4-7-12(17)15(10)20-9-14(19)18-13-8-3-2-6-11(13)16/h2-8H,9,17H2,1H3,(H,18,19). The number of nitrogen functional groups attached to an aromatic ring is 1. The minimum atomic E-state index is -0.490. The Morgan fingerprint density at radius 2 is 2.00 bits per heavy atom. The maximum absolute atomic E-state index is 13.4. The Morgan fingerprint density at radius 3 is 2.70 bits per heavy atom. The molecule has 0 fully saturated rings. The van der Waals surface area contributed by atoms with Crippen molar-refractivity contribution < 1.29 is 13.9 Å². The highest BCUT2D eigenvalue weighted by molar-refractivity contribution is 5.92. The van der Waals surface area contributed by atoms with Crippen LogP contribution in [-0.2, 0) is 4.79 Å². The summed E-state index contributed by atoms with van der Waals surface area (Å²) in [5.74, 6) is -0.467. The van der Waals surface area contributed by atoms with Crippen molar-refractivity contribution in [1.29, 1.82) is 0 Å². The summed E-state index contributed by atoms with van der Waals surface area (Å²) in [5, 5.41) is 2.44. The number of hydrogen-bond donors (Lipinski definition) is 2. The summed E-state index contributed by atoms with van der Waals surface area (Å²) < 4.78 is 18.7. The lowest BCUT2D eigenvalue weighted by molar-refractivity contribution is -0.118. The number of carbonyl (C=O) groups is 1. The molecule has 104 valence electrons. The van der Waals surface area contributed by atoms with Crippen LogP contribution in [0.5, 0.6) is 5.75 Å². The Bertz CT molecular complexity index is 609. The summed E-state index contributed by atoms with van der Waals surface area (Å²) in [6, 6.07) is 11.3. The maximum Gasteiger partial charge on any atom is 0.262 e. The van der Waals surface area contributed by atoms with E-state index >= 15 is 0 Å². The Hall–Kier alpha value is -2.56. The van der Waals surface area contributed by atoms with E-state index in [2.05, 4.69) is 5.32 Å². The third kappa shape index (κ3) is 3.26. The monoisotopic (exact) mass is 274 g/mol. The van der Waals surface area contributed by atoms with Gasteiger partial charge in [0.25, 0.3) is 5.91 Å². The maximum atomic E-state index is 13.4. The van der Waals surface area contributed by atoms with Crippen LogP contribution >= 0.6 is 0 Å². The lowest BCUT2D eigenvalue weighted by atomic mass is 10.2. The molecule has 3 N–H and O–H groups in total. The fourth-order valence-corrected chi connectivity index (χ4v) is 1.76. The quantitative estimate of drug-likeness (QED) is 0.842. The first-order chi connectivity index (χ1) is 9.58. The van der Waals surface area contributed by atoms with Gasteiger partial charge in [0.2, 0.25) is 0 Å². The molecule has 2 rings (SSSR count). The second-order valence-corrected chi connectivity index (χ2v) is 4.31. The van der Waals surface area contributed by atoms with Gasteiger partial charge in [0.1, 0.15) is 11.6 Å². The van der Waals surface area contributed by atoms with Gasteiger partial charge in [0.15, 0.2) is 6.61 Å². The predicted molar refractivity (Wildman–Crippen MR) is 76.1 cm³/mol. The molecule has 2 aromatic carbocycles. The van der Waals surface area contributed by atoms with Gasteiger partial charge < -0.3 is 15.8 Å². The Kier molecular flexibility index (Phi) is 4.20. The highest BCUT2D eigenvalue weighted by atomic mass is 19.1. The first-order valence-electron chi connectivity index (χ1n) is 6.10. The van der Waals surface area contributed by atoms with E-state index in [0.717, 1.165) is 5.56 Å².